The molecule has 3 rings (SSSR count). The highest BCUT2D eigenvalue weighted by molar-refractivity contribution is 7.11. The molecule has 3 heterocycles. The second-order valence-corrected chi connectivity index (χ2v) is 5.97. The van der Waals surface area contributed by atoms with E-state index in [4.69, 9.17) is 0 Å². The van der Waals surface area contributed by atoms with Gasteiger partial charge in [-0.3, -0.25) is 4.98 Å². The average molecular weight is 285 g/mol. The fraction of sp³-hybridized carbons (Fsp3) is 0.214. The van der Waals surface area contributed by atoms with E-state index in [1.807, 2.05) is 23.9 Å². The molecule has 0 aliphatic rings. The lowest BCUT2D eigenvalue weighted by atomic mass is 10.2. The van der Waals surface area contributed by atoms with Gasteiger partial charge in [0.05, 0.1) is 5.69 Å². The highest BCUT2D eigenvalue weighted by Gasteiger charge is 2.06. The van der Waals surface area contributed by atoms with Gasteiger partial charge in [0, 0.05) is 41.3 Å². The van der Waals surface area contributed by atoms with E-state index in [0.29, 0.717) is 0 Å². The van der Waals surface area contributed by atoms with Crippen LogP contribution in [0.25, 0.3) is 11.4 Å². The van der Waals surface area contributed by atoms with Crippen LogP contribution in [0.3, 0.4) is 0 Å². The Bertz CT molecular complexity index is 716. The van der Waals surface area contributed by atoms with E-state index in [2.05, 4.69) is 39.6 Å². The van der Waals surface area contributed by atoms with Gasteiger partial charge < -0.3 is 9.88 Å². The second kappa shape index (κ2) is 5.42. The number of thiophene rings is 1. The van der Waals surface area contributed by atoms with Crippen LogP contribution in [0, 0.1) is 6.92 Å². The molecule has 6 heteroatoms. The highest BCUT2D eigenvalue weighted by Crippen LogP contribution is 2.20. The first-order valence-electron chi connectivity index (χ1n) is 6.31. The van der Waals surface area contributed by atoms with Crippen molar-refractivity contribution < 1.29 is 0 Å². The number of aryl methyl sites for hydroxylation is 2. The standard InChI is InChI=1S/C14H15N5S/c1-10-3-4-13(20-10)8-16-12-5-11(6-15-7-12)14-18-17-9-19(14)2/h3-7,9,16H,8H2,1-2H3. The van der Waals surface area contributed by atoms with Crippen molar-refractivity contribution >= 4 is 17.0 Å². The van der Waals surface area contributed by atoms with Crippen LogP contribution in [0.4, 0.5) is 5.69 Å². The van der Waals surface area contributed by atoms with E-state index in [0.717, 1.165) is 23.6 Å². The van der Waals surface area contributed by atoms with Crippen molar-refractivity contribution in [2.45, 2.75) is 13.5 Å². The summed E-state index contributed by atoms with van der Waals surface area (Å²) in [6, 6.07) is 6.32. The van der Waals surface area contributed by atoms with Gasteiger partial charge in [-0.1, -0.05) is 0 Å². The Balaban J connectivity index is 1.76. The highest BCUT2D eigenvalue weighted by atomic mass is 32.1. The topological polar surface area (TPSA) is 55.6 Å². The number of hydrogen-bond acceptors (Lipinski definition) is 5. The molecule has 0 saturated carbocycles. The second-order valence-electron chi connectivity index (χ2n) is 4.59. The maximum Gasteiger partial charge on any atom is 0.165 e. The van der Waals surface area contributed by atoms with Crippen molar-refractivity contribution in [3.8, 4) is 11.4 Å². The molecule has 3 aromatic heterocycles. The molecule has 0 fully saturated rings. The van der Waals surface area contributed by atoms with Gasteiger partial charge in [0.2, 0.25) is 0 Å². The zero-order valence-corrected chi connectivity index (χ0v) is 12.2. The Morgan fingerprint density at radius 1 is 1.30 bits per heavy atom. The number of nitrogens with one attached hydrogen (secondary N) is 1. The minimum absolute atomic E-state index is 0.808. The first kappa shape index (κ1) is 12.8. The Hall–Kier alpha value is -2.21. The maximum atomic E-state index is 4.26. The third-order valence-corrected chi connectivity index (χ3v) is 3.97. The lowest BCUT2D eigenvalue weighted by molar-refractivity contribution is 0.918. The van der Waals surface area contributed by atoms with E-state index in [1.165, 1.54) is 9.75 Å². The Morgan fingerprint density at radius 2 is 2.20 bits per heavy atom. The molecule has 0 atom stereocenters. The summed E-state index contributed by atoms with van der Waals surface area (Å²) >= 11 is 1.80. The summed E-state index contributed by atoms with van der Waals surface area (Å²) in [7, 11) is 1.92. The van der Waals surface area contributed by atoms with Crippen molar-refractivity contribution in [3.05, 3.63) is 46.7 Å². The van der Waals surface area contributed by atoms with Crippen LogP contribution in [0.5, 0.6) is 0 Å². The SMILES string of the molecule is Cc1ccc(CNc2cncc(-c3nncn3C)c2)s1. The smallest absolute Gasteiger partial charge is 0.165 e. The first-order valence-corrected chi connectivity index (χ1v) is 7.12. The molecule has 5 nitrogen and oxygen atoms in total. The van der Waals surface area contributed by atoms with Crippen LogP contribution in [-0.2, 0) is 13.6 Å². The van der Waals surface area contributed by atoms with Gasteiger partial charge >= 0.3 is 0 Å². The average Bonchev–Trinajstić information content (AvgIpc) is 3.05. The van der Waals surface area contributed by atoms with E-state index < -0.39 is 0 Å². The van der Waals surface area contributed by atoms with Gasteiger partial charge in [0.1, 0.15) is 6.33 Å². The van der Waals surface area contributed by atoms with Crippen molar-refractivity contribution in [1.29, 1.82) is 0 Å². The maximum absolute atomic E-state index is 4.26. The lowest BCUT2D eigenvalue weighted by Crippen LogP contribution is -1.99. The third kappa shape index (κ3) is 2.70. The number of hydrogen-bond donors (Lipinski definition) is 1. The fourth-order valence-corrected chi connectivity index (χ4v) is 2.80. The number of anilines is 1. The fourth-order valence-electron chi connectivity index (χ4n) is 1.97. The molecule has 20 heavy (non-hydrogen) atoms. The zero-order valence-electron chi connectivity index (χ0n) is 11.4. The summed E-state index contributed by atoms with van der Waals surface area (Å²) in [5.74, 6) is 0.813. The predicted octanol–water partition coefficient (Wildman–Crippen LogP) is 2.86. The number of rotatable bonds is 4. The van der Waals surface area contributed by atoms with Gasteiger partial charge in [0.15, 0.2) is 5.82 Å². The molecule has 0 aromatic carbocycles. The molecule has 0 saturated heterocycles. The summed E-state index contributed by atoms with van der Waals surface area (Å²) in [6.45, 7) is 2.92. The largest absolute Gasteiger partial charge is 0.379 e. The van der Waals surface area contributed by atoms with Crippen LogP contribution in [0.2, 0.25) is 0 Å². The minimum Gasteiger partial charge on any atom is -0.379 e. The molecule has 3 aromatic rings. The van der Waals surface area contributed by atoms with Crippen molar-refractivity contribution in [2.75, 3.05) is 5.32 Å². The van der Waals surface area contributed by atoms with Crippen LogP contribution in [-0.4, -0.2) is 19.7 Å². The summed E-state index contributed by atoms with van der Waals surface area (Å²) in [5.41, 5.74) is 1.94. The van der Waals surface area contributed by atoms with E-state index in [9.17, 15) is 0 Å². The van der Waals surface area contributed by atoms with Gasteiger partial charge in [0.25, 0.3) is 0 Å². The van der Waals surface area contributed by atoms with Crippen LogP contribution in [0.15, 0.2) is 36.9 Å². The van der Waals surface area contributed by atoms with E-state index >= 15 is 0 Å². The Morgan fingerprint density at radius 3 is 2.90 bits per heavy atom. The molecular weight excluding hydrogens is 270 g/mol. The summed E-state index contributed by atoms with van der Waals surface area (Å²) in [5, 5.41) is 11.4. The first-order chi connectivity index (χ1) is 9.72. The quantitative estimate of drug-likeness (QED) is 0.801. The summed E-state index contributed by atoms with van der Waals surface area (Å²) in [4.78, 5) is 6.90. The summed E-state index contributed by atoms with van der Waals surface area (Å²) < 4.78 is 1.88. The Labute approximate surface area is 121 Å². The van der Waals surface area contributed by atoms with Crippen molar-refractivity contribution in [2.24, 2.45) is 7.05 Å². The van der Waals surface area contributed by atoms with Crippen LogP contribution < -0.4 is 5.32 Å². The number of nitrogens with zero attached hydrogens (tertiary/aromatic N) is 4. The van der Waals surface area contributed by atoms with Gasteiger partial charge in [-0.05, 0) is 25.1 Å². The number of aromatic nitrogens is 4. The minimum atomic E-state index is 0.808. The van der Waals surface area contributed by atoms with Crippen molar-refractivity contribution in [3.63, 3.8) is 0 Å². The molecule has 0 aliphatic carbocycles. The molecule has 0 aliphatic heterocycles. The van der Waals surface area contributed by atoms with Gasteiger partial charge in [-0.2, -0.15) is 0 Å². The van der Waals surface area contributed by atoms with Gasteiger partial charge in [-0.25, -0.2) is 0 Å². The van der Waals surface area contributed by atoms with Crippen LogP contribution in [0.1, 0.15) is 9.75 Å². The third-order valence-electron chi connectivity index (χ3n) is 2.97. The predicted molar refractivity (Wildman–Crippen MR) is 80.6 cm³/mol. The van der Waals surface area contributed by atoms with E-state index in [-0.39, 0.29) is 0 Å². The monoisotopic (exact) mass is 285 g/mol. The Kier molecular flexibility index (Phi) is 3.47. The molecule has 1 N–H and O–H groups in total. The van der Waals surface area contributed by atoms with Gasteiger partial charge in [-0.15, -0.1) is 21.5 Å². The zero-order chi connectivity index (χ0) is 13.9. The normalized spacial score (nSPS) is 10.7. The molecule has 102 valence electrons. The molecule has 0 amide bonds. The molecule has 0 unspecified atom stereocenters. The van der Waals surface area contributed by atoms with E-state index in [1.54, 1.807) is 23.9 Å². The van der Waals surface area contributed by atoms with Crippen LogP contribution >= 0.6 is 11.3 Å². The molecule has 0 spiro atoms. The van der Waals surface area contributed by atoms with Crippen molar-refractivity contribution in [1.82, 2.24) is 19.7 Å². The number of pyridine rings is 1. The molecule has 0 radical (unpaired) electrons. The lowest BCUT2D eigenvalue weighted by Gasteiger charge is -2.06. The molecule has 0 bridgehead atoms. The molecular formula is C14H15N5S. The summed E-state index contributed by atoms with van der Waals surface area (Å²) in [6.07, 6.45) is 5.30.